The minimum absolute atomic E-state index is 0.160. The minimum atomic E-state index is -0.160. The molecule has 0 bridgehead atoms. The summed E-state index contributed by atoms with van der Waals surface area (Å²) in [6, 6.07) is 25.3. The van der Waals surface area contributed by atoms with Gasteiger partial charge in [0.15, 0.2) is 0 Å². The molecule has 1 amide bonds. The summed E-state index contributed by atoms with van der Waals surface area (Å²) >= 11 is 3.39. The Hall–Kier alpha value is -2.85. The predicted octanol–water partition coefficient (Wildman–Crippen LogP) is 5.84. The molecule has 124 valence electrons. The molecular weight excluding hydrogens is 376 g/mol. The van der Waals surface area contributed by atoms with Gasteiger partial charge in [-0.1, -0.05) is 46.3 Å². The SMILES string of the molecule is O=C(/C=C/c1ccc(Br)cc1)Nc1ccc(Nc2ccccc2)cc1. The molecule has 0 saturated carbocycles. The third-order valence-electron chi connectivity index (χ3n) is 3.51. The molecule has 0 atom stereocenters. The largest absolute Gasteiger partial charge is 0.356 e. The molecule has 3 aromatic carbocycles. The molecule has 2 N–H and O–H groups in total. The fraction of sp³-hybridized carbons (Fsp3) is 0. The van der Waals surface area contributed by atoms with Gasteiger partial charge in [0, 0.05) is 27.6 Å². The topological polar surface area (TPSA) is 41.1 Å². The van der Waals surface area contributed by atoms with Crippen LogP contribution < -0.4 is 10.6 Å². The first kappa shape index (κ1) is 17.0. The molecule has 0 spiro atoms. The van der Waals surface area contributed by atoms with E-state index in [4.69, 9.17) is 0 Å². The second-order valence-corrected chi connectivity index (χ2v) is 6.36. The number of amides is 1. The van der Waals surface area contributed by atoms with E-state index < -0.39 is 0 Å². The van der Waals surface area contributed by atoms with Gasteiger partial charge in [0.2, 0.25) is 5.91 Å². The van der Waals surface area contributed by atoms with Crippen LogP contribution in [-0.4, -0.2) is 5.91 Å². The van der Waals surface area contributed by atoms with Gasteiger partial charge < -0.3 is 10.6 Å². The first-order valence-electron chi connectivity index (χ1n) is 7.86. The number of hydrogen-bond donors (Lipinski definition) is 2. The summed E-state index contributed by atoms with van der Waals surface area (Å²) in [5, 5.41) is 6.16. The molecular formula is C21H17BrN2O. The number of carbonyl (C=O) groups excluding carboxylic acids is 1. The summed E-state index contributed by atoms with van der Waals surface area (Å²) in [4.78, 5) is 12.0. The first-order valence-corrected chi connectivity index (χ1v) is 8.65. The van der Waals surface area contributed by atoms with Gasteiger partial charge in [-0.05, 0) is 60.2 Å². The molecule has 0 aliphatic rings. The van der Waals surface area contributed by atoms with Crippen LogP contribution in [0.25, 0.3) is 6.08 Å². The maximum Gasteiger partial charge on any atom is 0.248 e. The van der Waals surface area contributed by atoms with Crippen LogP contribution in [0.15, 0.2) is 89.4 Å². The molecule has 3 rings (SSSR count). The van der Waals surface area contributed by atoms with Crippen molar-refractivity contribution in [1.82, 2.24) is 0 Å². The van der Waals surface area contributed by atoms with Crippen molar-refractivity contribution in [3.05, 3.63) is 95.0 Å². The number of hydrogen-bond acceptors (Lipinski definition) is 2. The van der Waals surface area contributed by atoms with Crippen molar-refractivity contribution < 1.29 is 4.79 Å². The van der Waals surface area contributed by atoms with Crippen LogP contribution >= 0.6 is 15.9 Å². The van der Waals surface area contributed by atoms with Crippen LogP contribution in [-0.2, 0) is 4.79 Å². The van der Waals surface area contributed by atoms with E-state index in [1.165, 1.54) is 6.08 Å². The van der Waals surface area contributed by atoms with Gasteiger partial charge in [-0.3, -0.25) is 4.79 Å². The molecule has 25 heavy (non-hydrogen) atoms. The van der Waals surface area contributed by atoms with Crippen LogP contribution in [0.1, 0.15) is 5.56 Å². The monoisotopic (exact) mass is 392 g/mol. The highest BCUT2D eigenvalue weighted by Gasteiger charge is 1.99. The predicted molar refractivity (Wildman–Crippen MR) is 108 cm³/mol. The summed E-state index contributed by atoms with van der Waals surface area (Å²) in [7, 11) is 0. The summed E-state index contributed by atoms with van der Waals surface area (Å²) in [6.45, 7) is 0. The highest BCUT2D eigenvalue weighted by Crippen LogP contribution is 2.18. The third kappa shape index (κ3) is 5.33. The quantitative estimate of drug-likeness (QED) is 0.535. The van der Waals surface area contributed by atoms with Crippen molar-refractivity contribution in [2.75, 3.05) is 10.6 Å². The van der Waals surface area contributed by atoms with Crippen molar-refractivity contribution in [2.45, 2.75) is 0 Å². The maximum absolute atomic E-state index is 12.0. The number of rotatable bonds is 5. The van der Waals surface area contributed by atoms with E-state index in [2.05, 4.69) is 26.6 Å². The van der Waals surface area contributed by atoms with Crippen molar-refractivity contribution in [1.29, 1.82) is 0 Å². The van der Waals surface area contributed by atoms with Gasteiger partial charge in [-0.15, -0.1) is 0 Å². The summed E-state index contributed by atoms with van der Waals surface area (Å²) in [6.07, 6.45) is 3.31. The van der Waals surface area contributed by atoms with Crippen LogP contribution in [0.3, 0.4) is 0 Å². The Morgan fingerprint density at radius 2 is 1.36 bits per heavy atom. The highest BCUT2D eigenvalue weighted by molar-refractivity contribution is 9.10. The maximum atomic E-state index is 12.0. The van der Waals surface area contributed by atoms with Crippen molar-refractivity contribution in [3.8, 4) is 0 Å². The van der Waals surface area contributed by atoms with Gasteiger partial charge in [0.05, 0.1) is 0 Å². The van der Waals surface area contributed by atoms with Crippen molar-refractivity contribution in [2.24, 2.45) is 0 Å². The Morgan fingerprint density at radius 3 is 2.04 bits per heavy atom. The van der Waals surface area contributed by atoms with Crippen LogP contribution in [0.4, 0.5) is 17.1 Å². The van der Waals surface area contributed by atoms with Gasteiger partial charge in [-0.2, -0.15) is 0 Å². The molecule has 0 aromatic heterocycles. The second-order valence-electron chi connectivity index (χ2n) is 5.44. The number of benzene rings is 3. The number of para-hydroxylation sites is 1. The van der Waals surface area contributed by atoms with E-state index >= 15 is 0 Å². The molecule has 0 fully saturated rings. The third-order valence-corrected chi connectivity index (χ3v) is 4.04. The zero-order chi connectivity index (χ0) is 17.5. The van der Waals surface area contributed by atoms with E-state index in [0.717, 1.165) is 27.1 Å². The van der Waals surface area contributed by atoms with Crippen molar-refractivity contribution in [3.63, 3.8) is 0 Å². The van der Waals surface area contributed by atoms with Crippen molar-refractivity contribution >= 4 is 45.0 Å². The lowest BCUT2D eigenvalue weighted by atomic mass is 10.2. The molecule has 0 aliphatic heterocycles. The molecule has 0 unspecified atom stereocenters. The lowest BCUT2D eigenvalue weighted by Gasteiger charge is -2.07. The smallest absolute Gasteiger partial charge is 0.248 e. The molecule has 0 saturated heterocycles. The lowest BCUT2D eigenvalue weighted by Crippen LogP contribution is -2.07. The molecule has 3 aromatic rings. The number of nitrogens with one attached hydrogen (secondary N) is 2. The van der Waals surface area contributed by atoms with Crippen LogP contribution in [0.5, 0.6) is 0 Å². The summed E-state index contributed by atoms with van der Waals surface area (Å²) < 4.78 is 1.01. The Bertz CT molecular complexity index is 857. The Labute approximate surface area is 155 Å². The average Bonchev–Trinajstić information content (AvgIpc) is 2.64. The lowest BCUT2D eigenvalue weighted by molar-refractivity contribution is -0.111. The van der Waals surface area contributed by atoms with Crippen LogP contribution in [0.2, 0.25) is 0 Å². The molecule has 3 nitrogen and oxygen atoms in total. The Morgan fingerprint density at radius 1 is 0.760 bits per heavy atom. The average molecular weight is 393 g/mol. The summed E-state index contributed by atoms with van der Waals surface area (Å²) in [5.41, 5.74) is 3.72. The number of halogens is 1. The Kier molecular flexibility index (Phi) is 5.65. The number of anilines is 3. The normalized spacial score (nSPS) is 10.6. The van der Waals surface area contributed by atoms with E-state index in [-0.39, 0.29) is 5.91 Å². The molecule has 0 radical (unpaired) electrons. The first-order chi connectivity index (χ1) is 12.2. The summed E-state index contributed by atoms with van der Waals surface area (Å²) in [5.74, 6) is -0.160. The molecule has 4 heteroatoms. The van der Waals surface area contributed by atoms with Gasteiger partial charge in [0.1, 0.15) is 0 Å². The second kappa shape index (κ2) is 8.31. The van der Waals surface area contributed by atoms with E-state index in [0.29, 0.717) is 0 Å². The van der Waals surface area contributed by atoms with Gasteiger partial charge in [0.25, 0.3) is 0 Å². The van der Waals surface area contributed by atoms with Gasteiger partial charge >= 0.3 is 0 Å². The number of carbonyl (C=O) groups is 1. The van der Waals surface area contributed by atoms with E-state index in [1.54, 1.807) is 6.08 Å². The molecule has 0 heterocycles. The zero-order valence-corrected chi connectivity index (χ0v) is 15.0. The van der Waals surface area contributed by atoms with E-state index in [1.807, 2.05) is 78.9 Å². The molecule has 0 aliphatic carbocycles. The Balaban J connectivity index is 1.57. The zero-order valence-electron chi connectivity index (χ0n) is 13.4. The van der Waals surface area contributed by atoms with Crippen LogP contribution in [0, 0.1) is 0 Å². The standard InChI is InChI=1S/C21H17BrN2O/c22-17-9-6-16(7-10-17)8-15-21(25)24-20-13-11-19(12-14-20)23-18-4-2-1-3-5-18/h1-15,23H,(H,24,25)/b15-8+. The minimum Gasteiger partial charge on any atom is -0.356 e. The van der Waals surface area contributed by atoms with E-state index in [9.17, 15) is 4.79 Å². The highest BCUT2D eigenvalue weighted by atomic mass is 79.9. The fourth-order valence-electron chi connectivity index (χ4n) is 2.25. The van der Waals surface area contributed by atoms with Gasteiger partial charge in [-0.25, -0.2) is 0 Å². The fourth-order valence-corrected chi connectivity index (χ4v) is 2.52.